The van der Waals surface area contributed by atoms with Gasteiger partial charge in [0.25, 0.3) is 0 Å². The average Bonchev–Trinajstić information content (AvgIpc) is 3.82. The third-order valence-corrected chi connectivity index (χ3v) is 10.3. The summed E-state index contributed by atoms with van der Waals surface area (Å²) < 4.78 is 11.7. The highest BCUT2D eigenvalue weighted by atomic mass is 16.3. The zero-order chi connectivity index (χ0) is 35.2. The van der Waals surface area contributed by atoms with Gasteiger partial charge in [-0.05, 0) is 85.5 Å². The lowest BCUT2D eigenvalue weighted by Crippen LogP contribution is -2.22. The summed E-state index contributed by atoms with van der Waals surface area (Å²) in [7, 11) is 0. The van der Waals surface area contributed by atoms with Crippen molar-refractivity contribution in [3.63, 3.8) is 0 Å². The lowest BCUT2D eigenvalue weighted by atomic mass is 9.92. The van der Waals surface area contributed by atoms with E-state index in [2.05, 4.69) is 173 Å². The number of furan rings is 1. The summed E-state index contributed by atoms with van der Waals surface area (Å²) in [6.45, 7) is 15.9. The van der Waals surface area contributed by atoms with Gasteiger partial charge in [0.2, 0.25) is 0 Å². The van der Waals surface area contributed by atoms with Gasteiger partial charge in [-0.1, -0.05) is 107 Å². The monoisotopic (exact) mass is 666 g/mol. The second kappa shape index (κ2) is 11.4. The van der Waals surface area contributed by atoms with Crippen molar-refractivity contribution in [2.75, 3.05) is 0 Å². The Morgan fingerprint density at radius 1 is 0.608 bits per heavy atom. The molecule has 0 aliphatic rings. The minimum atomic E-state index is -0.204. The molecule has 3 heterocycles. The summed E-state index contributed by atoms with van der Waals surface area (Å²) in [6.07, 6.45) is 0. The molecule has 0 unspecified atom stereocenters. The van der Waals surface area contributed by atoms with Gasteiger partial charge in [-0.3, -0.25) is 4.57 Å². The Hall–Kier alpha value is -5.68. The Labute approximate surface area is 298 Å². The highest BCUT2D eigenvalue weighted by Crippen LogP contribution is 2.43. The van der Waals surface area contributed by atoms with E-state index in [4.69, 9.17) is 14.4 Å². The number of hydrogen-bond acceptors (Lipinski definition) is 3. The zero-order valence-corrected chi connectivity index (χ0v) is 30.3. The van der Waals surface area contributed by atoms with Crippen molar-refractivity contribution in [3.05, 3.63) is 126 Å². The van der Waals surface area contributed by atoms with Crippen LogP contribution in [0.15, 0.2) is 120 Å². The van der Waals surface area contributed by atoms with E-state index in [0.717, 1.165) is 77.6 Å². The number of aromatic nitrogens is 4. The highest BCUT2D eigenvalue weighted by molar-refractivity contribution is 6.17. The standard InChI is InChI=1S/C46H42N4O/c1-27(2)31-17-13-18-32(28(3)4)41(31)49-39-22-12-11-21-37(39)47-45(49)34-20-14-19-33-36-25-30-23-24-38-42(35(30)26-40(36)51-43(33)34)50(46(5,6)7)44(48-38)29-15-9-8-10-16-29/h8-28H,1-7H3. The van der Waals surface area contributed by atoms with E-state index in [1.807, 2.05) is 0 Å². The van der Waals surface area contributed by atoms with Crippen LogP contribution < -0.4 is 0 Å². The second-order valence-electron chi connectivity index (χ2n) is 15.4. The molecule has 0 radical (unpaired) electrons. The zero-order valence-electron chi connectivity index (χ0n) is 30.3. The van der Waals surface area contributed by atoms with Crippen LogP contribution in [0.3, 0.4) is 0 Å². The van der Waals surface area contributed by atoms with Gasteiger partial charge in [0.15, 0.2) is 0 Å². The molecular weight excluding hydrogens is 625 g/mol. The van der Waals surface area contributed by atoms with Crippen LogP contribution in [0.2, 0.25) is 0 Å². The maximum Gasteiger partial charge on any atom is 0.149 e. The molecule has 0 N–H and O–H groups in total. The number of hydrogen-bond donors (Lipinski definition) is 0. The van der Waals surface area contributed by atoms with Crippen LogP contribution >= 0.6 is 0 Å². The Kier molecular flexibility index (Phi) is 7.01. The molecule has 0 aliphatic heterocycles. The molecule has 9 aromatic rings. The smallest absolute Gasteiger partial charge is 0.149 e. The van der Waals surface area contributed by atoms with Crippen LogP contribution in [-0.4, -0.2) is 19.1 Å². The van der Waals surface area contributed by atoms with E-state index in [1.54, 1.807) is 0 Å². The Bertz CT molecular complexity index is 2760. The molecule has 0 atom stereocenters. The number of fused-ring (bicyclic) bond motifs is 7. The summed E-state index contributed by atoms with van der Waals surface area (Å²) in [5.41, 5.74) is 11.6. The highest BCUT2D eigenvalue weighted by Gasteiger charge is 2.26. The summed E-state index contributed by atoms with van der Waals surface area (Å²) in [4.78, 5) is 10.5. The average molecular weight is 667 g/mol. The minimum Gasteiger partial charge on any atom is -0.455 e. The van der Waals surface area contributed by atoms with Crippen LogP contribution in [0.4, 0.5) is 0 Å². The molecule has 0 fully saturated rings. The summed E-state index contributed by atoms with van der Waals surface area (Å²) in [5, 5.41) is 4.47. The third kappa shape index (κ3) is 4.82. The molecule has 0 saturated carbocycles. The Balaban J connectivity index is 1.34. The summed E-state index contributed by atoms with van der Waals surface area (Å²) in [5.74, 6) is 2.53. The first-order chi connectivity index (χ1) is 24.6. The van der Waals surface area contributed by atoms with Crippen molar-refractivity contribution in [2.45, 2.75) is 65.8 Å². The number of imidazole rings is 2. The Morgan fingerprint density at radius 2 is 1.29 bits per heavy atom. The van der Waals surface area contributed by atoms with Gasteiger partial charge in [-0.2, -0.15) is 0 Å². The topological polar surface area (TPSA) is 48.8 Å². The molecule has 0 spiro atoms. The molecule has 252 valence electrons. The quantitative estimate of drug-likeness (QED) is 0.184. The second-order valence-corrected chi connectivity index (χ2v) is 15.4. The maximum absolute atomic E-state index is 6.97. The molecule has 5 heteroatoms. The number of benzene rings is 6. The fourth-order valence-corrected chi connectivity index (χ4v) is 8.00. The molecule has 6 aromatic carbocycles. The molecule has 5 nitrogen and oxygen atoms in total. The predicted octanol–water partition coefficient (Wildman–Crippen LogP) is 12.8. The molecule has 9 rings (SSSR count). The van der Waals surface area contributed by atoms with Crippen molar-refractivity contribution in [1.82, 2.24) is 19.1 Å². The van der Waals surface area contributed by atoms with E-state index >= 15 is 0 Å². The lowest BCUT2D eigenvalue weighted by Gasteiger charge is -2.25. The van der Waals surface area contributed by atoms with Gasteiger partial charge >= 0.3 is 0 Å². The van der Waals surface area contributed by atoms with Gasteiger partial charge in [-0.15, -0.1) is 0 Å². The van der Waals surface area contributed by atoms with Gasteiger partial charge in [0.1, 0.15) is 22.8 Å². The normalized spacial score (nSPS) is 12.6. The van der Waals surface area contributed by atoms with Crippen LogP contribution in [0.1, 0.15) is 71.4 Å². The Morgan fingerprint density at radius 3 is 2.02 bits per heavy atom. The molecule has 0 bridgehead atoms. The largest absolute Gasteiger partial charge is 0.455 e. The third-order valence-electron chi connectivity index (χ3n) is 10.3. The predicted molar refractivity (Wildman–Crippen MR) is 213 cm³/mol. The van der Waals surface area contributed by atoms with Gasteiger partial charge in [0.05, 0.1) is 33.3 Å². The lowest BCUT2D eigenvalue weighted by molar-refractivity contribution is 0.413. The molecule has 0 aliphatic carbocycles. The molecule has 3 aromatic heterocycles. The first kappa shape index (κ1) is 31.3. The van der Waals surface area contributed by atoms with E-state index < -0.39 is 0 Å². The van der Waals surface area contributed by atoms with Crippen molar-refractivity contribution in [1.29, 1.82) is 0 Å². The van der Waals surface area contributed by atoms with E-state index in [9.17, 15) is 0 Å². The SMILES string of the molecule is CC(C)c1cccc(C(C)C)c1-n1c(-c2cccc3c2oc2cc4c(ccc5nc(-c6ccccc6)n(C(C)(C)C)c54)cc23)nc2ccccc21. The van der Waals surface area contributed by atoms with Crippen LogP contribution in [0, 0.1) is 0 Å². The minimum absolute atomic E-state index is 0.204. The van der Waals surface area contributed by atoms with Crippen molar-refractivity contribution < 1.29 is 4.42 Å². The van der Waals surface area contributed by atoms with Gasteiger partial charge < -0.3 is 8.98 Å². The van der Waals surface area contributed by atoms with E-state index in [0.29, 0.717) is 11.8 Å². The molecular formula is C46H42N4O. The first-order valence-electron chi connectivity index (χ1n) is 18.1. The van der Waals surface area contributed by atoms with Crippen LogP contribution in [-0.2, 0) is 5.54 Å². The van der Waals surface area contributed by atoms with Crippen molar-refractivity contribution in [2.24, 2.45) is 0 Å². The molecule has 0 saturated heterocycles. The van der Waals surface area contributed by atoms with Crippen LogP contribution in [0.5, 0.6) is 0 Å². The van der Waals surface area contributed by atoms with E-state index in [1.165, 1.54) is 16.8 Å². The first-order valence-corrected chi connectivity index (χ1v) is 18.1. The number of nitrogens with zero attached hydrogens (tertiary/aromatic N) is 4. The van der Waals surface area contributed by atoms with Gasteiger partial charge in [0, 0.05) is 27.3 Å². The van der Waals surface area contributed by atoms with Gasteiger partial charge in [-0.25, -0.2) is 9.97 Å². The maximum atomic E-state index is 6.97. The fraction of sp³-hybridized carbons (Fsp3) is 0.217. The molecule has 0 amide bonds. The van der Waals surface area contributed by atoms with Crippen LogP contribution in [0.25, 0.3) is 83.2 Å². The van der Waals surface area contributed by atoms with E-state index in [-0.39, 0.29) is 5.54 Å². The molecule has 51 heavy (non-hydrogen) atoms. The fourth-order valence-electron chi connectivity index (χ4n) is 8.00. The van der Waals surface area contributed by atoms with Crippen molar-refractivity contribution in [3.8, 4) is 28.5 Å². The van der Waals surface area contributed by atoms with Crippen molar-refractivity contribution >= 4 is 54.8 Å². The number of rotatable bonds is 5. The number of para-hydroxylation sites is 4. The summed E-state index contributed by atoms with van der Waals surface area (Å²) in [6, 6.07) is 41.0. The summed E-state index contributed by atoms with van der Waals surface area (Å²) >= 11 is 0.